The Bertz CT molecular complexity index is 2530. The zero-order valence-corrected chi connectivity index (χ0v) is 34.1. The van der Waals surface area contributed by atoms with Crippen LogP contribution in [0.25, 0.3) is 35.4 Å². The Balaban J connectivity index is 1.02. The van der Waals surface area contributed by atoms with Gasteiger partial charge in [-0.2, -0.15) is 0 Å². The molecule has 0 aromatic heterocycles. The maximum atomic E-state index is 2.34. The van der Waals surface area contributed by atoms with E-state index in [1.165, 1.54) is 33.4 Å². The van der Waals surface area contributed by atoms with Crippen LogP contribution < -0.4 is 9.80 Å². The molecule has 8 aromatic carbocycles. The van der Waals surface area contributed by atoms with Crippen LogP contribution in [0.15, 0.2) is 231 Å². The van der Waals surface area contributed by atoms with Gasteiger partial charge in [0.2, 0.25) is 0 Å². The molecule has 0 aliphatic heterocycles. The zero-order valence-electron chi connectivity index (χ0n) is 34.1. The number of nitrogens with zero attached hydrogens (tertiary/aromatic N) is 2. The average molecular weight is 773 g/mol. The first-order chi connectivity index (χ1) is 29.6. The zero-order chi connectivity index (χ0) is 40.9. The highest BCUT2D eigenvalue weighted by molar-refractivity contribution is 5.82. The van der Waals surface area contributed by atoms with Gasteiger partial charge in [-0.05, 0) is 119 Å². The molecular weight excluding hydrogens is 725 g/mol. The van der Waals surface area contributed by atoms with Crippen LogP contribution in [0, 0.1) is 13.8 Å². The molecule has 0 saturated carbocycles. The lowest BCUT2D eigenvalue weighted by molar-refractivity contribution is 1.25. The highest BCUT2D eigenvalue weighted by Crippen LogP contribution is 2.40. The van der Waals surface area contributed by atoms with Gasteiger partial charge in [-0.1, -0.05) is 194 Å². The minimum absolute atomic E-state index is 1.11. The molecule has 0 fully saturated rings. The van der Waals surface area contributed by atoms with Gasteiger partial charge >= 0.3 is 0 Å². The lowest BCUT2D eigenvalue weighted by Crippen LogP contribution is -2.11. The summed E-state index contributed by atoms with van der Waals surface area (Å²) in [6.45, 7) is 4.35. The maximum absolute atomic E-state index is 2.34. The molecule has 0 amide bonds. The van der Waals surface area contributed by atoms with Crippen molar-refractivity contribution in [1.29, 1.82) is 0 Å². The molecule has 290 valence electrons. The third-order valence-electron chi connectivity index (χ3n) is 10.6. The Hall–Kier alpha value is -7.68. The Morgan fingerprint density at radius 3 is 0.850 bits per heavy atom. The molecule has 0 aliphatic rings. The van der Waals surface area contributed by atoms with Crippen LogP contribution in [0.3, 0.4) is 0 Å². The predicted octanol–water partition coefficient (Wildman–Crippen LogP) is 16.4. The fourth-order valence-corrected chi connectivity index (χ4v) is 7.35. The molecule has 8 aromatic rings. The number of anilines is 6. The van der Waals surface area contributed by atoms with Crippen molar-refractivity contribution in [3.8, 4) is 11.1 Å². The van der Waals surface area contributed by atoms with Crippen LogP contribution in [0.2, 0.25) is 0 Å². The Kier molecular flexibility index (Phi) is 12.5. The second kappa shape index (κ2) is 19.2. The van der Waals surface area contributed by atoms with Gasteiger partial charge in [0.15, 0.2) is 0 Å². The molecule has 0 atom stereocenters. The second-order valence-electron chi connectivity index (χ2n) is 14.8. The summed E-state index contributed by atoms with van der Waals surface area (Å²) in [5.41, 5.74) is 16.2. The first kappa shape index (κ1) is 39.2. The van der Waals surface area contributed by atoms with E-state index in [2.05, 4.69) is 266 Å². The van der Waals surface area contributed by atoms with E-state index in [1.807, 2.05) is 12.1 Å². The van der Waals surface area contributed by atoms with E-state index in [4.69, 9.17) is 0 Å². The topological polar surface area (TPSA) is 6.48 Å². The van der Waals surface area contributed by atoms with Crippen molar-refractivity contribution in [3.05, 3.63) is 264 Å². The molecule has 0 unspecified atom stereocenters. The Morgan fingerprint density at radius 1 is 0.267 bits per heavy atom. The van der Waals surface area contributed by atoms with Crippen molar-refractivity contribution in [3.63, 3.8) is 0 Å². The number of hydrogen-bond donors (Lipinski definition) is 0. The molecule has 60 heavy (non-hydrogen) atoms. The standard InChI is InChI=1S/C58H48N2/c1-45-17-9-15-27-57(45)59(53-37-29-49(30-38-53)25-13-11-23-47-19-5-3-6-20-47)55-41-33-51(34-42-55)52-35-43-56(44-36-52)60(58-28-16-10-18-46(58)2)54-39-31-50(32-40-54)26-14-12-24-48-21-7-4-8-22-48/h3-44H,1-2H3/b23-11+,24-12+,25-13+,26-14+. The van der Waals surface area contributed by atoms with Crippen LogP contribution in [-0.4, -0.2) is 0 Å². The maximum Gasteiger partial charge on any atom is 0.0490 e. The van der Waals surface area contributed by atoms with Crippen LogP contribution in [0.5, 0.6) is 0 Å². The van der Waals surface area contributed by atoms with Gasteiger partial charge in [-0.15, -0.1) is 0 Å². The quantitative estimate of drug-likeness (QED) is 0.108. The third kappa shape index (κ3) is 9.70. The molecule has 2 nitrogen and oxygen atoms in total. The Labute approximate surface area is 355 Å². The lowest BCUT2D eigenvalue weighted by Gasteiger charge is -2.28. The minimum Gasteiger partial charge on any atom is -0.310 e. The van der Waals surface area contributed by atoms with E-state index in [-0.39, 0.29) is 0 Å². The number of hydrogen-bond acceptors (Lipinski definition) is 2. The highest BCUT2D eigenvalue weighted by atomic mass is 15.1. The smallest absolute Gasteiger partial charge is 0.0490 e. The number of benzene rings is 8. The summed E-state index contributed by atoms with van der Waals surface area (Å²) in [7, 11) is 0. The molecule has 2 heteroatoms. The van der Waals surface area contributed by atoms with E-state index in [1.54, 1.807) is 0 Å². The summed E-state index contributed by atoms with van der Waals surface area (Å²) in [5.74, 6) is 0. The van der Waals surface area contributed by atoms with E-state index < -0.39 is 0 Å². The monoisotopic (exact) mass is 772 g/mol. The summed E-state index contributed by atoms with van der Waals surface area (Å²) < 4.78 is 0. The molecule has 0 saturated heterocycles. The average Bonchev–Trinajstić information content (AvgIpc) is 3.30. The summed E-state index contributed by atoms with van der Waals surface area (Å²) in [6, 6.07) is 73.2. The van der Waals surface area contributed by atoms with Crippen molar-refractivity contribution < 1.29 is 0 Å². The van der Waals surface area contributed by atoms with E-state index in [0.717, 1.165) is 45.3 Å². The van der Waals surface area contributed by atoms with Crippen LogP contribution in [0.4, 0.5) is 34.1 Å². The predicted molar refractivity (Wildman–Crippen MR) is 260 cm³/mol. The largest absolute Gasteiger partial charge is 0.310 e. The summed E-state index contributed by atoms with van der Waals surface area (Å²) in [5, 5.41) is 0. The van der Waals surface area contributed by atoms with Crippen molar-refractivity contribution >= 4 is 58.4 Å². The van der Waals surface area contributed by atoms with Crippen molar-refractivity contribution in [2.24, 2.45) is 0 Å². The van der Waals surface area contributed by atoms with Crippen molar-refractivity contribution in [1.82, 2.24) is 0 Å². The van der Waals surface area contributed by atoms with E-state index in [0.29, 0.717) is 0 Å². The van der Waals surface area contributed by atoms with Gasteiger partial charge in [-0.25, -0.2) is 0 Å². The van der Waals surface area contributed by atoms with E-state index in [9.17, 15) is 0 Å². The highest BCUT2D eigenvalue weighted by Gasteiger charge is 2.16. The van der Waals surface area contributed by atoms with Crippen molar-refractivity contribution in [2.45, 2.75) is 13.8 Å². The van der Waals surface area contributed by atoms with Crippen LogP contribution >= 0.6 is 0 Å². The summed E-state index contributed by atoms with van der Waals surface area (Å²) >= 11 is 0. The first-order valence-corrected chi connectivity index (χ1v) is 20.5. The minimum atomic E-state index is 1.11. The summed E-state index contributed by atoms with van der Waals surface area (Å²) in [4.78, 5) is 4.68. The third-order valence-corrected chi connectivity index (χ3v) is 10.6. The van der Waals surface area contributed by atoms with Crippen LogP contribution in [0.1, 0.15) is 33.4 Å². The van der Waals surface area contributed by atoms with Gasteiger partial charge < -0.3 is 9.80 Å². The molecule has 0 radical (unpaired) electrons. The van der Waals surface area contributed by atoms with Gasteiger partial charge in [-0.3, -0.25) is 0 Å². The lowest BCUT2D eigenvalue weighted by atomic mass is 10.0. The Morgan fingerprint density at radius 2 is 0.533 bits per heavy atom. The number of aryl methyl sites for hydroxylation is 2. The number of rotatable bonds is 13. The van der Waals surface area contributed by atoms with Crippen molar-refractivity contribution in [2.75, 3.05) is 9.80 Å². The summed E-state index contributed by atoms with van der Waals surface area (Å²) in [6.07, 6.45) is 16.9. The van der Waals surface area contributed by atoms with Gasteiger partial charge in [0.25, 0.3) is 0 Å². The van der Waals surface area contributed by atoms with Crippen LogP contribution in [-0.2, 0) is 0 Å². The molecule has 0 bridgehead atoms. The fraction of sp³-hybridized carbons (Fsp3) is 0.0345. The fourth-order valence-electron chi connectivity index (χ4n) is 7.35. The van der Waals surface area contributed by atoms with Gasteiger partial charge in [0.05, 0.1) is 0 Å². The SMILES string of the molecule is Cc1ccccc1N(c1ccc(/C=C/C=C/c2ccccc2)cc1)c1ccc(-c2ccc(N(c3ccc(/C=C/C=C/c4ccccc4)cc3)c3ccccc3C)cc2)cc1. The molecular formula is C58H48N2. The number of para-hydroxylation sites is 2. The molecule has 0 spiro atoms. The molecule has 0 N–H and O–H groups in total. The molecule has 0 aliphatic carbocycles. The molecule has 0 heterocycles. The second-order valence-corrected chi connectivity index (χ2v) is 14.8. The van der Waals surface area contributed by atoms with Gasteiger partial charge in [0, 0.05) is 34.1 Å². The first-order valence-electron chi connectivity index (χ1n) is 20.5. The van der Waals surface area contributed by atoms with E-state index >= 15 is 0 Å². The normalized spacial score (nSPS) is 11.6. The van der Waals surface area contributed by atoms with Gasteiger partial charge in [0.1, 0.15) is 0 Å². The molecule has 8 rings (SSSR count). The number of allylic oxidation sites excluding steroid dienone is 4.